The maximum Gasteiger partial charge on any atom is 0.0714 e. The predicted molar refractivity (Wildman–Crippen MR) is 243 cm³/mol. The fraction of sp³-hybridized carbons (Fsp3) is 0.0545. The molecule has 0 saturated heterocycles. The van der Waals surface area contributed by atoms with Gasteiger partial charge in [0.25, 0.3) is 0 Å². The largest absolute Gasteiger partial charge is 0.310 e. The van der Waals surface area contributed by atoms with E-state index >= 15 is 0 Å². The first-order valence-electron chi connectivity index (χ1n) is 19.9. The smallest absolute Gasteiger partial charge is 0.0714 e. The molecular formula is C55H39NS. The van der Waals surface area contributed by atoms with E-state index in [0.717, 1.165) is 29.9 Å². The first kappa shape index (κ1) is 33.6. The molecule has 9 aromatic rings. The Kier molecular flexibility index (Phi) is 8.12. The second kappa shape index (κ2) is 13.8. The lowest BCUT2D eigenvalue weighted by Gasteiger charge is -2.33. The SMILES string of the molecule is C1=CCCC(c2ccc(N(c3ccc(-c4ccccc4)cc3)c3ccc4c(c3)sc3cc(C5(c6ccccc6)c6ccccc6-c6ccccc65)ccc34)cc2)=C1. The average Bonchev–Trinajstić information content (AvgIpc) is 3.81. The van der Waals surface area contributed by atoms with Gasteiger partial charge in [-0.15, -0.1) is 11.3 Å². The van der Waals surface area contributed by atoms with Gasteiger partial charge in [0.1, 0.15) is 0 Å². The summed E-state index contributed by atoms with van der Waals surface area (Å²) in [5, 5.41) is 2.59. The van der Waals surface area contributed by atoms with Crippen LogP contribution in [0.15, 0.2) is 212 Å². The van der Waals surface area contributed by atoms with Gasteiger partial charge in [0.2, 0.25) is 0 Å². The third-order valence-corrected chi connectivity index (χ3v) is 13.2. The molecule has 0 amide bonds. The molecule has 270 valence electrons. The van der Waals surface area contributed by atoms with Gasteiger partial charge in [-0.25, -0.2) is 0 Å². The van der Waals surface area contributed by atoms with Crippen molar-refractivity contribution in [3.63, 3.8) is 0 Å². The number of fused-ring (bicyclic) bond motifs is 6. The molecule has 2 heteroatoms. The Hall–Kier alpha value is -6.74. The molecule has 1 heterocycles. The number of benzene rings is 8. The van der Waals surface area contributed by atoms with E-state index in [1.54, 1.807) is 0 Å². The van der Waals surface area contributed by atoms with Crippen LogP contribution in [0.2, 0.25) is 0 Å². The summed E-state index contributed by atoms with van der Waals surface area (Å²) in [7, 11) is 0. The van der Waals surface area contributed by atoms with Gasteiger partial charge in [-0.1, -0.05) is 170 Å². The van der Waals surface area contributed by atoms with Crippen molar-refractivity contribution in [1.29, 1.82) is 0 Å². The molecule has 0 spiro atoms. The Morgan fingerprint density at radius 3 is 1.63 bits per heavy atom. The Morgan fingerprint density at radius 1 is 0.439 bits per heavy atom. The van der Waals surface area contributed by atoms with Crippen LogP contribution in [0.4, 0.5) is 17.1 Å². The van der Waals surface area contributed by atoms with Gasteiger partial charge >= 0.3 is 0 Å². The molecule has 1 nitrogen and oxygen atoms in total. The summed E-state index contributed by atoms with van der Waals surface area (Å²) in [4.78, 5) is 2.40. The van der Waals surface area contributed by atoms with E-state index < -0.39 is 5.41 Å². The quantitative estimate of drug-likeness (QED) is 0.157. The van der Waals surface area contributed by atoms with Crippen LogP contribution in [-0.4, -0.2) is 0 Å². The van der Waals surface area contributed by atoms with E-state index in [1.165, 1.54) is 75.8 Å². The maximum absolute atomic E-state index is 2.47. The van der Waals surface area contributed by atoms with Crippen molar-refractivity contribution < 1.29 is 0 Å². The summed E-state index contributed by atoms with van der Waals surface area (Å²) in [6.45, 7) is 0. The molecular weight excluding hydrogens is 707 g/mol. The fourth-order valence-corrected chi connectivity index (χ4v) is 10.6. The summed E-state index contributed by atoms with van der Waals surface area (Å²) in [6.07, 6.45) is 8.86. The zero-order chi connectivity index (χ0) is 37.8. The highest BCUT2D eigenvalue weighted by atomic mass is 32.1. The number of hydrogen-bond acceptors (Lipinski definition) is 2. The Morgan fingerprint density at radius 2 is 0.982 bits per heavy atom. The Bertz CT molecular complexity index is 2940. The number of nitrogens with zero attached hydrogens (tertiary/aromatic N) is 1. The number of hydrogen-bond donors (Lipinski definition) is 0. The lowest BCUT2D eigenvalue weighted by Crippen LogP contribution is -2.28. The van der Waals surface area contributed by atoms with Crippen molar-refractivity contribution in [2.45, 2.75) is 18.3 Å². The Labute approximate surface area is 338 Å². The van der Waals surface area contributed by atoms with Crippen LogP contribution in [0.5, 0.6) is 0 Å². The molecule has 0 radical (unpaired) electrons. The van der Waals surface area contributed by atoms with Gasteiger partial charge < -0.3 is 4.90 Å². The fourth-order valence-electron chi connectivity index (χ4n) is 9.40. The summed E-state index contributed by atoms with van der Waals surface area (Å²) < 4.78 is 2.58. The molecule has 0 bridgehead atoms. The van der Waals surface area contributed by atoms with E-state index in [2.05, 4.69) is 217 Å². The molecule has 2 aliphatic carbocycles. The molecule has 8 aromatic carbocycles. The number of allylic oxidation sites excluding steroid dienone is 4. The number of anilines is 3. The normalized spacial score (nSPS) is 14.0. The first-order valence-corrected chi connectivity index (χ1v) is 20.7. The minimum Gasteiger partial charge on any atom is -0.310 e. The highest BCUT2D eigenvalue weighted by Crippen LogP contribution is 2.56. The summed E-state index contributed by atoms with van der Waals surface area (Å²) in [5.74, 6) is 0. The second-order valence-corrected chi connectivity index (χ2v) is 16.2. The highest BCUT2D eigenvalue weighted by molar-refractivity contribution is 7.25. The highest BCUT2D eigenvalue weighted by Gasteiger charge is 2.45. The van der Waals surface area contributed by atoms with E-state index in [9.17, 15) is 0 Å². The third-order valence-electron chi connectivity index (χ3n) is 12.0. The lowest BCUT2D eigenvalue weighted by molar-refractivity contribution is 0.770. The Balaban J connectivity index is 1.05. The van der Waals surface area contributed by atoms with Gasteiger partial charge in [0.15, 0.2) is 0 Å². The molecule has 0 aliphatic heterocycles. The molecule has 0 unspecified atom stereocenters. The zero-order valence-corrected chi connectivity index (χ0v) is 32.3. The van der Waals surface area contributed by atoms with E-state index in [4.69, 9.17) is 0 Å². The van der Waals surface area contributed by atoms with Crippen molar-refractivity contribution in [1.82, 2.24) is 0 Å². The van der Waals surface area contributed by atoms with Gasteiger partial charge in [-0.3, -0.25) is 0 Å². The minimum absolute atomic E-state index is 0.414. The molecule has 0 fully saturated rings. The minimum atomic E-state index is -0.414. The van der Waals surface area contributed by atoms with Crippen LogP contribution in [0.1, 0.15) is 40.7 Å². The van der Waals surface area contributed by atoms with E-state index in [1.807, 2.05) is 11.3 Å². The van der Waals surface area contributed by atoms with Crippen molar-refractivity contribution in [3.8, 4) is 22.3 Å². The molecule has 0 saturated carbocycles. The molecule has 2 aliphatic rings. The predicted octanol–water partition coefficient (Wildman–Crippen LogP) is 15.3. The number of rotatable bonds is 7. The topological polar surface area (TPSA) is 3.24 Å². The molecule has 1 aromatic heterocycles. The van der Waals surface area contributed by atoms with Gasteiger partial charge in [-0.05, 0) is 111 Å². The first-order chi connectivity index (χ1) is 28.3. The van der Waals surface area contributed by atoms with Crippen molar-refractivity contribution in [2.75, 3.05) is 4.90 Å². The summed E-state index contributed by atoms with van der Waals surface area (Å²) in [5.41, 5.74) is 16.0. The zero-order valence-electron chi connectivity index (χ0n) is 31.5. The molecule has 0 N–H and O–H groups in total. The monoisotopic (exact) mass is 745 g/mol. The van der Waals surface area contributed by atoms with Gasteiger partial charge in [0, 0.05) is 37.2 Å². The second-order valence-electron chi connectivity index (χ2n) is 15.2. The number of thiophene rings is 1. The van der Waals surface area contributed by atoms with Crippen LogP contribution in [0.25, 0.3) is 48.0 Å². The van der Waals surface area contributed by atoms with Crippen LogP contribution >= 0.6 is 11.3 Å². The summed E-state index contributed by atoms with van der Waals surface area (Å²) >= 11 is 1.89. The maximum atomic E-state index is 2.47. The van der Waals surface area contributed by atoms with Crippen LogP contribution < -0.4 is 4.90 Å². The van der Waals surface area contributed by atoms with Gasteiger partial charge in [0.05, 0.1) is 5.41 Å². The van der Waals surface area contributed by atoms with E-state index in [-0.39, 0.29) is 0 Å². The average molecular weight is 746 g/mol. The van der Waals surface area contributed by atoms with Crippen molar-refractivity contribution in [2.24, 2.45) is 0 Å². The summed E-state index contributed by atoms with van der Waals surface area (Å²) in [6, 6.07) is 72.1. The van der Waals surface area contributed by atoms with Crippen LogP contribution in [0.3, 0.4) is 0 Å². The van der Waals surface area contributed by atoms with E-state index in [0.29, 0.717) is 0 Å². The third kappa shape index (κ3) is 5.51. The molecule has 0 atom stereocenters. The van der Waals surface area contributed by atoms with Crippen LogP contribution in [0, 0.1) is 0 Å². The molecule has 57 heavy (non-hydrogen) atoms. The standard InChI is InChI=1S/C55H39NS/c1-4-14-38(15-5-1)40-24-29-44(30-25-40)56(45-31-26-41(27-32-45)39-16-6-2-7-17-39)46-33-35-50-49-34-28-43(36-53(49)57-54(50)37-46)55(42-18-8-3-9-19-42)51-22-12-10-20-47(51)48-21-11-13-23-52(48)55/h1-6,8-16,18-37H,7,17H2. The van der Waals surface area contributed by atoms with Crippen LogP contribution in [-0.2, 0) is 5.41 Å². The van der Waals surface area contributed by atoms with Gasteiger partial charge in [-0.2, -0.15) is 0 Å². The van der Waals surface area contributed by atoms with Crippen molar-refractivity contribution >= 4 is 54.1 Å². The molecule has 11 rings (SSSR count). The van der Waals surface area contributed by atoms with Crippen molar-refractivity contribution in [3.05, 3.63) is 240 Å². The lowest BCUT2D eigenvalue weighted by atomic mass is 9.67.